The minimum absolute atomic E-state index is 0.0921. The van der Waals surface area contributed by atoms with Crippen LogP contribution >= 0.6 is 0 Å². The number of nitrogens with zero attached hydrogens (tertiary/aromatic N) is 4. The molecule has 132 valence electrons. The van der Waals surface area contributed by atoms with E-state index >= 15 is 0 Å². The molecule has 3 rings (SSSR count). The number of aryl methyl sites for hydroxylation is 2. The highest BCUT2D eigenvalue weighted by molar-refractivity contribution is 5.72. The van der Waals surface area contributed by atoms with Crippen LogP contribution in [0.15, 0.2) is 48.8 Å². The summed E-state index contributed by atoms with van der Waals surface area (Å²) in [5, 5.41) is 17.5. The van der Waals surface area contributed by atoms with E-state index in [1.54, 1.807) is 6.07 Å². The molecule has 0 amide bonds. The molecule has 0 saturated carbocycles. The van der Waals surface area contributed by atoms with Gasteiger partial charge in [0.15, 0.2) is 0 Å². The minimum atomic E-state index is -0.504. The van der Waals surface area contributed by atoms with Gasteiger partial charge in [0.2, 0.25) is 11.6 Å². The standard InChI is InChI=1S/C18H18N6O2/c1-12-6-8-14(9-7-12)10-19-17-16(24(25)26)18(21-11-20-17)23-15-5-3-4-13(2)22-15/h3-9,11H,10H2,1-2H3,(H2,19,20,21,22,23). The van der Waals surface area contributed by atoms with Crippen molar-refractivity contribution in [3.8, 4) is 0 Å². The van der Waals surface area contributed by atoms with Gasteiger partial charge < -0.3 is 10.6 Å². The first-order chi connectivity index (χ1) is 12.5. The molecule has 0 atom stereocenters. The molecule has 0 saturated heterocycles. The van der Waals surface area contributed by atoms with Crippen LogP contribution in [0.25, 0.3) is 0 Å². The van der Waals surface area contributed by atoms with Gasteiger partial charge in [-0.15, -0.1) is 0 Å². The van der Waals surface area contributed by atoms with Gasteiger partial charge in [-0.05, 0) is 31.5 Å². The van der Waals surface area contributed by atoms with E-state index in [1.807, 2.05) is 50.2 Å². The molecule has 0 fully saturated rings. The minimum Gasteiger partial charge on any atom is -0.360 e. The molecule has 0 aliphatic heterocycles. The molecular formula is C18H18N6O2. The quantitative estimate of drug-likeness (QED) is 0.515. The SMILES string of the molecule is Cc1ccc(CNc2ncnc(Nc3cccc(C)n3)c2[N+](=O)[O-])cc1. The van der Waals surface area contributed by atoms with Gasteiger partial charge in [-0.25, -0.2) is 15.0 Å². The van der Waals surface area contributed by atoms with Crippen LogP contribution in [0.2, 0.25) is 0 Å². The van der Waals surface area contributed by atoms with Crippen molar-refractivity contribution in [1.82, 2.24) is 15.0 Å². The van der Waals surface area contributed by atoms with E-state index in [9.17, 15) is 10.1 Å². The van der Waals surface area contributed by atoms with Gasteiger partial charge in [-0.1, -0.05) is 35.9 Å². The highest BCUT2D eigenvalue weighted by atomic mass is 16.6. The fourth-order valence-corrected chi connectivity index (χ4v) is 2.40. The molecule has 26 heavy (non-hydrogen) atoms. The van der Waals surface area contributed by atoms with Gasteiger partial charge in [0.1, 0.15) is 12.1 Å². The van der Waals surface area contributed by atoms with Crippen molar-refractivity contribution in [2.75, 3.05) is 10.6 Å². The van der Waals surface area contributed by atoms with Gasteiger partial charge in [0.25, 0.3) is 0 Å². The highest BCUT2D eigenvalue weighted by Crippen LogP contribution is 2.31. The lowest BCUT2D eigenvalue weighted by atomic mass is 10.1. The zero-order valence-electron chi connectivity index (χ0n) is 14.4. The van der Waals surface area contributed by atoms with Crippen molar-refractivity contribution in [1.29, 1.82) is 0 Å². The Hall–Kier alpha value is -3.55. The molecule has 1 aromatic carbocycles. The molecule has 8 heteroatoms. The number of hydrogen-bond donors (Lipinski definition) is 2. The third-order valence-electron chi connectivity index (χ3n) is 3.72. The van der Waals surface area contributed by atoms with Crippen LogP contribution in [0, 0.1) is 24.0 Å². The van der Waals surface area contributed by atoms with Crippen LogP contribution in [-0.2, 0) is 6.54 Å². The first kappa shape index (κ1) is 17.3. The first-order valence-corrected chi connectivity index (χ1v) is 8.02. The number of benzene rings is 1. The van der Waals surface area contributed by atoms with E-state index in [-0.39, 0.29) is 17.3 Å². The summed E-state index contributed by atoms with van der Waals surface area (Å²) in [5.41, 5.74) is 2.73. The van der Waals surface area contributed by atoms with Gasteiger partial charge >= 0.3 is 5.69 Å². The number of nitrogens with one attached hydrogen (secondary N) is 2. The number of nitro groups is 1. The molecule has 2 aromatic heterocycles. The second-order valence-electron chi connectivity index (χ2n) is 5.80. The summed E-state index contributed by atoms with van der Waals surface area (Å²) < 4.78 is 0. The van der Waals surface area contributed by atoms with Gasteiger partial charge in [-0.3, -0.25) is 10.1 Å². The maximum absolute atomic E-state index is 11.6. The maximum Gasteiger partial charge on any atom is 0.353 e. The van der Waals surface area contributed by atoms with Gasteiger partial charge in [-0.2, -0.15) is 0 Å². The second-order valence-corrected chi connectivity index (χ2v) is 5.80. The Kier molecular flexibility index (Phi) is 5.02. The average molecular weight is 350 g/mol. The number of pyridine rings is 1. The number of aromatic nitrogens is 3. The Labute approximate surface area is 150 Å². The number of hydrogen-bond acceptors (Lipinski definition) is 7. The Morgan fingerprint density at radius 2 is 1.77 bits per heavy atom. The number of anilines is 3. The second kappa shape index (κ2) is 7.56. The monoisotopic (exact) mass is 350 g/mol. The molecule has 0 bridgehead atoms. The molecule has 8 nitrogen and oxygen atoms in total. The Morgan fingerprint density at radius 3 is 2.46 bits per heavy atom. The zero-order valence-corrected chi connectivity index (χ0v) is 14.4. The van der Waals surface area contributed by atoms with Gasteiger partial charge in [0, 0.05) is 12.2 Å². The average Bonchev–Trinajstić information content (AvgIpc) is 2.61. The molecule has 0 spiro atoms. The fraction of sp³-hybridized carbons (Fsp3) is 0.167. The van der Waals surface area contributed by atoms with Crippen LogP contribution in [0.4, 0.5) is 23.1 Å². The van der Waals surface area contributed by atoms with Crippen LogP contribution in [0.5, 0.6) is 0 Å². The predicted octanol–water partition coefficient (Wildman–Crippen LogP) is 3.75. The molecule has 2 heterocycles. The van der Waals surface area contributed by atoms with E-state index in [4.69, 9.17) is 0 Å². The van der Waals surface area contributed by atoms with Crippen LogP contribution in [-0.4, -0.2) is 19.9 Å². The van der Waals surface area contributed by atoms with E-state index in [0.29, 0.717) is 12.4 Å². The smallest absolute Gasteiger partial charge is 0.353 e. The molecule has 0 aliphatic rings. The lowest BCUT2D eigenvalue weighted by Crippen LogP contribution is -2.08. The molecule has 2 N–H and O–H groups in total. The fourth-order valence-electron chi connectivity index (χ4n) is 2.40. The third kappa shape index (κ3) is 4.10. The van der Waals surface area contributed by atoms with Crippen molar-refractivity contribution in [3.05, 3.63) is 75.7 Å². The van der Waals surface area contributed by atoms with Crippen LogP contribution in [0.1, 0.15) is 16.8 Å². The summed E-state index contributed by atoms with van der Waals surface area (Å²) in [6, 6.07) is 13.3. The van der Waals surface area contributed by atoms with E-state index in [1.165, 1.54) is 6.33 Å². The lowest BCUT2D eigenvalue weighted by molar-refractivity contribution is -0.383. The normalized spacial score (nSPS) is 10.4. The van der Waals surface area contributed by atoms with E-state index in [2.05, 4.69) is 25.6 Å². The molecular weight excluding hydrogens is 332 g/mol. The molecule has 0 radical (unpaired) electrons. The lowest BCUT2D eigenvalue weighted by Gasteiger charge is -2.10. The van der Waals surface area contributed by atoms with E-state index in [0.717, 1.165) is 16.8 Å². The molecule has 0 unspecified atom stereocenters. The summed E-state index contributed by atoms with van der Waals surface area (Å²) in [6.45, 7) is 4.26. The maximum atomic E-state index is 11.6. The van der Waals surface area contributed by atoms with Crippen molar-refractivity contribution in [2.45, 2.75) is 20.4 Å². The summed E-state index contributed by atoms with van der Waals surface area (Å²) in [7, 11) is 0. The Morgan fingerprint density at radius 1 is 1.04 bits per heavy atom. The Bertz CT molecular complexity index is 927. The van der Waals surface area contributed by atoms with Crippen molar-refractivity contribution < 1.29 is 4.92 Å². The molecule has 0 aliphatic carbocycles. The van der Waals surface area contributed by atoms with E-state index < -0.39 is 4.92 Å². The third-order valence-corrected chi connectivity index (χ3v) is 3.72. The van der Waals surface area contributed by atoms with Crippen LogP contribution in [0.3, 0.4) is 0 Å². The van der Waals surface area contributed by atoms with Crippen LogP contribution < -0.4 is 10.6 Å². The highest BCUT2D eigenvalue weighted by Gasteiger charge is 2.23. The summed E-state index contributed by atoms with van der Waals surface area (Å²) in [4.78, 5) is 23.4. The predicted molar refractivity (Wildman–Crippen MR) is 99.4 cm³/mol. The largest absolute Gasteiger partial charge is 0.360 e. The van der Waals surface area contributed by atoms with Gasteiger partial charge in [0.05, 0.1) is 4.92 Å². The summed E-state index contributed by atoms with van der Waals surface area (Å²) in [6.07, 6.45) is 1.28. The van der Waals surface area contributed by atoms with Crippen molar-refractivity contribution in [2.24, 2.45) is 0 Å². The topological polar surface area (TPSA) is 106 Å². The molecule has 3 aromatic rings. The first-order valence-electron chi connectivity index (χ1n) is 8.02. The summed E-state index contributed by atoms with van der Waals surface area (Å²) >= 11 is 0. The zero-order chi connectivity index (χ0) is 18.5. The van der Waals surface area contributed by atoms with Crippen molar-refractivity contribution >= 4 is 23.1 Å². The number of rotatable bonds is 6. The summed E-state index contributed by atoms with van der Waals surface area (Å²) in [5.74, 6) is 0.728. The Balaban J connectivity index is 1.85. The van der Waals surface area contributed by atoms with Crippen molar-refractivity contribution in [3.63, 3.8) is 0 Å².